The zero-order chi connectivity index (χ0) is 20.7. The summed E-state index contributed by atoms with van der Waals surface area (Å²) in [7, 11) is 0. The van der Waals surface area contributed by atoms with Crippen LogP contribution in [-0.4, -0.2) is 81.8 Å². The van der Waals surface area contributed by atoms with Crippen LogP contribution in [0.4, 0.5) is 0 Å². The first-order chi connectivity index (χ1) is 14.6. The molecule has 3 aromatic heterocycles. The maximum atomic E-state index is 13.0. The molecule has 0 unspecified atom stereocenters. The van der Waals surface area contributed by atoms with Gasteiger partial charge in [0.05, 0.1) is 10.6 Å². The van der Waals surface area contributed by atoms with Gasteiger partial charge in [-0.2, -0.15) is 0 Å². The van der Waals surface area contributed by atoms with E-state index in [0.29, 0.717) is 24.1 Å². The number of thiazole rings is 2. The molecule has 0 bridgehead atoms. The van der Waals surface area contributed by atoms with Crippen molar-refractivity contribution in [1.82, 2.24) is 24.7 Å². The molecule has 0 radical (unpaired) electrons. The number of carbonyl (C=O) groups excluding carboxylic acids is 2. The number of piperazine rings is 1. The van der Waals surface area contributed by atoms with Crippen molar-refractivity contribution >= 4 is 45.8 Å². The molecule has 5 rings (SSSR count). The standard InChI is InChI=1S/C20H21N5O2S3/c1-13-16(30-17(22-13)15-3-2-9-28-15)19(26)25-11-14(12-25)23-5-7-24(8-6-23)20(27)18-21-4-10-29-18/h2-4,9-10,14H,5-8,11-12H2,1H3. The molecule has 0 saturated carbocycles. The predicted octanol–water partition coefficient (Wildman–Crippen LogP) is 2.92. The smallest absolute Gasteiger partial charge is 0.282 e. The van der Waals surface area contributed by atoms with E-state index in [-0.39, 0.29) is 11.8 Å². The van der Waals surface area contributed by atoms with Crippen LogP contribution in [0.1, 0.15) is 25.2 Å². The molecule has 2 saturated heterocycles. The third-order valence-electron chi connectivity index (χ3n) is 5.61. The number of carbonyl (C=O) groups is 2. The molecule has 0 aliphatic carbocycles. The second-order valence-electron chi connectivity index (χ2n) is 7.44. The van der Waals surface area contributed by atoms with Gasteiger partial charge >= 0.3 is 0 Å². The minimum atomic E-state index is 0.0253. The number of nitrogens with zero attached hydrogens (tertiary/aromatic N) is 5. The Hall–Kier alpha value is -2.14. The van der Waals surface area contributed by atoms with E-state index in [0.717, 1.165) is 46.6 Å². The summed E-state index contributed by atoms with van der Waals surface area (Å²) >= 11 is 4.52. The first-order valence-electron chi connectivity index (χ1n) is 9.83. The third kappa shape index (κ3) is 3.68. The van der Waals surface area contributed by atoms with Crippen LogP contribution in [0.2, 0.25) is 0 Å². The van der Waals surface area contributed by atoms with E-state index < -0.39 is 0 Å². The second kappa shape index (κ2) is 8.18. The largest absolute Gasteiger partial charge is 0.335 e. The highest BCUT2D eigenvalue weighted by molar-refractivity contribution is 7.22. The Morgan fingerprint density at radius 2 is 1.83 bits per heavy atom. The normalized spacial score (nSPS) is 17.9. The number of aromatic nitrogens is 2. The van der Waals surface area contributed by atoms with Gasteiger partial charge in [-0.1, -0.05) is 6.07 Å². The molecular weight excluding hydrogens is 438 g/mol. The molecule has 7 nitrogen and oxygen atoms in total. The number of hydrogen-bond acceptors (Lipinski definition) is 8. The van der Waals surface area contributed by atoms with Gasteiger partial charge in [-0.05, 0) is 18.4 Å². The molecular formula is C20H21N5O2S3. The molecule has 3 aromatic rings. The number of aryl methyl sites for hydroxylation is 1. The lowest BCUT2D eigenvalue weighted by atomic mass is 10.1. The number of hydrogen-bond donors (Lipinski definition) is 0. The first-order valence-corrected chi connectivity index (χ1v) is 12.4. The summed E-state index contributed by atoms with van der Waals surface area (Å²) in [6.07, 6.45) is 1.67. The number of rotatable bonds is 4. The highest BCUT2D eigenvalue weighted by Gasteiger charge is 2.38. The maximum absolute atomic E-state index is 13.0. The van der Waals surface area contributed by atoms with E-state index in [1.54, 1.807) is 17.5 Å². The van der Waals surface area contributed by atoms with E-state index in [4.69, 9.17) is 0 Å². The van der Waals surface area contributed by atoms with Gasteiger partial charge in [0.2, 0.25) is 0 Å². The number of amides is 2. The second-order valence-corrected chi connectivity index (χ2v) is 10.3. The number of likely N-dealkylation sites (tertiary alicyclic amines) is 1. The van der Waals surface area contributed by atoms with Gasteiger partial charge < -0.3 is 9.80 Å². The summed E-state index contributed by atoms with van der Waals surface area (Å²) in [5.74, 6) is 0.110. The van der Waals surface area contributed by atoms with Gasteiger partial charge in [-0.25, -0.2) is 9.97 Å². The Kier molecular flexibility index (Phi) is 5.40. The molecule has 2 fully saturated rings. The minimum absolute atomic E-state index is 0.0253. The Morgan fingerprint density at radius 3 is 2.50 bits per heavy atom. The molecule has 2 aliphatic heterocycles. The summed E-state index contributed by atoms with van der Waals surface area (Å²) in [4.78, 5) is 42.2. The van der Waals surface area contributed by atoms with Gasteiger partial charge in [-0.15, -0.1) is 34.0 Å². The predicted molar refractivity (Wildman–Crippen MR) is 119 cm³/mol. The summed E-state index contributed by atoms with van der Waals surface area (Å²) in [6, 6.07) is 4.41. The van der Waals surface area contributed by atoms with E-state index >= 15 is 0 Å². The lowest BCUT2D eigenvalue weighted by Gasteiger charge is -2.47. The summed E-state index contributed by atoms with van der Waals surface area (Å²) in [5.41, 5.74) is 0.811. The molecule has 0 aromatic carbocycles. The molecule has 10 heteroatoms. The lowest BCUT2D eigenvalue weighted by Crippen LogP contribution is -2.64. The van der Waals surface area contributed by atoms with Crippen molar-refractivity contribution in [1.29, 1.82) is 0 Å². The van der Waals surface area contributed by atoms with E-state index in [2.05, 4.69) is 14.9 Å². The van der Waals surface area contributed by atoms with Crippen LogP contribution in [0.3, 0.4) is 0 Å². The fourth-order valence-corrected chi connectivity index (χ4v) is 6.28. The molecule has 5 heterocycles. The number of thiophene rings is 1. The van der Waals surface area contributed by atoms with Gasteiger partial charge in [0, 0.05) is 56.9 Å². The zero-order valence-corrected chi connectivity index (χ0v) is 18.9. The van der Waals surface area contributed by atoms with Crippen molar-refractivity contribution in [2.45, 2.75) is 13.0 Å². The fraction of sp³-hybridized carbons (Fsp3) is 0.400. The lowest BCUT2D eigenvalue weighted by molar-refractivity contribution is 0.00874. The Morgan fingerprint density at radius 1 is 1.03 bits per heavy atom. The van der Waals surface area contributed by atoms with E-state index in [1.807, 2.05) is 39.6 Å². The van der Waals surface area contributed by atoms with Crippen LogP contribution in [0.25, 0.3) is 9.88 Å². The Balaban J connectivity index is 1.15. The first kappa shape index (κ1) is 19.8. The fourth-order valence-electron chi connectivity index (χ4n) is 3.85. The molecule has 30 heavy (non-hydrogen) atoms. The van der Waals surface area contributed by atoms with Crippen LogP contribution in [0, 0.1) is 6.92 Å². The summed E-state index contributed by atoms with van der Waals surface area (Å²) in [5, 5.41) is 5.34. The maximum Gasteiger partial charge on any atom is 0.282 e. The highest BCUT2D eigenvalue weighted by atomic mass is 32.1. The van der Waals surface area contributed by atoms with Crippen molar-refractivity contribution in [3.8, 4) is 9.88 Å². The third-order valence-corrected chi connectivity index (χ3v) is 8.55. The Bertz CT molecular complexity index is 1030. The minimum Gasteiger partial charge on any atom is -0.335 e. The summed E-state index contributed by atoms with van der Waals surface area (Å²) in [6.45, 7) is 6.49. The average Bonchev–Trinajstić information content (AvgIpc) is 3.48. The van der Waals surface area contributed by atoms with Gasteiger partial charge in [0.1, 0.15) is 9.88 Å². The zero-order valence-electron chi connectivity index (χ0n) is 16.5. The topological polar surface area (TPSA) is 69.6 Å². The molecule has 0 spiro atoms. The monoisotopic (exact) mass is 459 g/mol. The highest BCUT2D eigenvalue weighted by Crippen LogP contribution is 2.32. The van der Waals surface area contributed by atoms with Crippen LogP contribution in [0.5, 0.6) is 0 Å². The van der Waals surface area contributed by atoms with Crippen molar-refractivity contribution < 1.29 is 9.59 Å². The van der Waals surface area contributed by atoms with E-state index in [1.165, 1.54) is 22.7 Å². The van der Waals surface area contributed by atoms with Crippen LogP contribution in [0.15, 0.2) is 29.1 Å². The van der Waals surface area contributed by atoms with Crippen molar-refractivity contribution in [3.63, 3.8) is 0 Å². The molecule has 0 N–H and O–H groups in total. The van der Waals surface area contributed by atoms with Gasteiger partial charge in [0.15, 0.2) is 5.01 Å². The van der Waals surface area contributed by atoms with Gasteiger partial charge in [-0.3, -0.25) is 14.5 Å². The molecule has 0 atom stereocenters. The van der Waals surface area contributed by atoms with Crippen molar-refractivity contribution in [2.24, 2.45) is 0 Å². The molecule has 156 valence electrons. The van der Waals surface area contributed by atoms with Crippen molar-refractivity contribution in [2.75, 3.05) is 39.3 Å². The van der Waals surface area contributed by atoms with E-state index in [9.17, 15) is 9.59 Å². The van der Waals surface area contributed by atoms with Crippen molar-refractivity contribution in [3.05, 3.63) is 44.7 Å². The summed E-state index contributed by atoms with van der Waals surface area (Å²) < 4.78 is 0. The van der Waals surface area contributed by atoms with Gasteiger partial charge in [0.25, 0.3) is 11.8 Å². The molecule has 2 aliphatic rings. The SMILES string of the molecule is Cc1nc(-c2cccs2)sc1C(=O)N1CC(N2CCN(C(=O)c3nccs3)CC2)C1. The average molecular weight is 460 g/mol. The quantitative estimate of drug-likeness (QED) is 0.600. The molecule has 2 amide bonds. The van der Waals surface area contributed by atoms with Crippen LogP contribution < -0.4 is 0 Å². The van der Waals surface area contributed by atoms with Crippen LogP contribution >= 0.6 is 34.0 Å². The Labute approximate surface area is 186 Å². The van der Waals surface area contributed by atoms with Crippen LogP contribution in [-0.2, 0) is 0 Å².